The second-order valence-electron chi connectivity index (χ2n) is 4.23. The van der Waals surface area contributed by atoms with Crippen molar-refractivity contribution < 1.29 is 4.39 Å². The van der Waals surface area contributed by atoms with Crippen LogP contribution in [0, 0.1) is 5.82 Å². The average Bonchev–Trinajstić information content (AvgIpc) is 2.79. The third kappa shape index (κ3) is 2.97. The van der Waals surface area contributed by atoms with Gasteiger partial charge in [0, 0.05) is 15.9 Å². The van der Waals surface area contributed by atoms with Gasteiger partial charge in [-0.2, -0.15) is 0 Å². The highest BCUT2D eigenvalue weighted by Crippen LogP contribution is 2.33. The number of anilines is 1. The molecular formula is C14H10BrFN2S2. The summed E-state index contributed by atoms with van der Waals surface area (Å²) in [5.74, 6) is 0.367. The molecule has 0 amide bonds. The molecule has 3 rings (SSSR count). The third-order valence-electron chi connectivity index (χ3n) is 2.76. The molecule has 0 aliphatic carbocycles. The second kappa shape index (κ2) is 5.71. The van der Waals surface area contributed by atoms with Crippen molar-refractivity contribution in [2.75, 3.05) is 5.73 Å². The van der Waals surface area contributed by atoms with Crippen molar-refractivity contribution in [2.45, 2.75) is 10.1 Å². The maximum absolute atomic E-state index is 13.7. The van der Waals surface area contributed by atoms with E-state index in [1.165, 1.54) is 17.8 Å². The zero-order valence-corrected chi connectivity index (χ0v) is 13.5. The number of nitrogen functional groups attached to an aromatic ring is 1. The second-order valence-corrected chi connectivity index (χ2v) is 7.40. The molecule has 0 spiro atoms. The monoisotopic (exact) mass is 368 g/mol. The fourth-order valence-electron chi connectivity index (χ4n) is 1.76. The van der Waals surface area contributed by atoms with Gasteiger partial charge in [0.1, 0.15) is 5.82 Å². The van der Waals surface area contributed by atoms with Crippen molar-refractivity contribution in [3.8, 4) is 0 Å². The number of fused-ring (bicyclic) bond motifs is 1. The Morgan fingerprint density at radius 1 is 1.25 bits per heavy atom. The van der Waals surface area contributed by atoms with Gasteiger partial charge in [0.15, 0.2) is 4.34 Å². The van der Waals surface area contributed by atoms with Crippen LogP contribution in [0.25, 0.3) is 10.2 Å². The molecule has 0 aliphatic rings. The van der Waals surface area contributed by atoms with E-state index in [0.717, 1.165) is 24.7 Å². The molecule has 0 aliphatic heterocycles. The molecule has 1 heterocycles. The Balaban J connectivity index is 1.79. The van der Waals surface area contributed by atoms with Crippen LogP contribution in [-0.2, 0) is 5.75 Å². The minimum Gasteiger partial charge on any atom is -0.399 e. The van der Waals surface area contributed by atoms with Crippen molar-refractivity contribution in [3.05, 3.63) is 52.3 Å². The van der Waals surface area contributed by atoms with Crippen molar-refractivity contribution >= 4 is 54.9 Å². The quantitative estimate of drug-likeness (QED) is 0.517. The zero-order valence-electron chi connectivity index (χ0n) is 10.3. The van der Waals surface area contributed by atoms with Crippen molar-refractivity contribution in [3.63, 3.8) is 0 Å². The minimum absolute atomic E-state index is 0.197. The summed E-state index contributed by atoms with van der Waals surface area (Å²) < 4.78 is 16.5. The van der Waals surface area contributed by atoms with Gasteiger partial charge in [0.05, 0.1) is 10.2 Å². The van der Waals surface area contributed by atoms with Crippen LogP contribution in [0.4, 0.5) is 10.1 Å². The van der Waals surface area contributed by atoms with E-state index in [0.29, 0.717) is 11.3 Å². The lowest BCUT2D eigenvalue weighted by Gasteiger charge is -2.01. The Labute approximate surface area is 132 Å². The summed E-state index contributed by atoms with van der Waals surface area (Å²) in [6.45, 7) is 0. The number of nitrogens with two attached hydrogens (primary N) is 1. The van der Waals surface area contributed by atoms with Gasteiger partial charge in [-0.15, -0.1) is 11.3 Å². The number of halogens is 2. The molecule has 0 unspecified atom stereocenters. The van der Waals surface area contributed by atoms with Crippen LogP contribution in [0.1, 0.15) is 5.56 Å². The Kier molecular flexibility index (Phi) is 3.96. The maximum atomic E-state index is 13.7. The number of hydrogen-bond acceptors (Lipinski definition) is 4. The maximum Gasteiger partial charge on any atom is 0.151 e. The van der Waals surface area contributed by atoms with E-state index in [1.54, 1.807) is 17.4 Å². The molecule has 2 aromatic carbocycles. The van der Waals surface area contributed by atoms with Gasteiger partial charge in [0.2, 0.25) is 0 Å². The number of thiazole rings is 1. The molecule has 2 nitrogen and oxygen atoms in total. The SMILES string of the molecule is Nc1ccc2nc(SCc3ccc(Br)cc3F)sc2c1. The van der Waals surface area contributed by atoms with E-state index in [9.17, 15) is 4.39 Å². The summed E-state index contributed by atoms with van der Waals surface area (Å²) in [7, 11) is 0. The Hall–Kier alpha value is -1.11. The molecule has 0 fully saturated rings. The van der Waals surface area contributed by atoms with Gasteiger partial charge in [0.25, 0.3) is 0 Å². The van der Waals surface area contributed by atoms with Crippen LogP contribution >= 0.6 is 39.0 Å². The highest BCUT2D eigenvalue weighted by atomic mass is 79.9. The molecule has 2 N–H and O–H groups in total. The fourth-order valence-corrected chi connectivity index (χ4v) is 4.20. The van der Waals surface area contributed by atoms with E-state index in [1.807, 2.05) is 24.3 Å². The molecule has 20 heavy (non-hydrogen) atoms. The minimum atomic E-state index is -0.197. The first-order chi connectivity index (χ1) is 9.61. The molecule has 0 radical (unpaired) electrons. The van der Waals surface area contributed by atoms with E-state index < -0.39 is 0 Å². The lowest BCUT2D eigenvalue weighted by atomic mass is 10.2. The van der Waals surface area contributed by atoms with Crippen molar-refractivity contribution in [2.24, 2.45) is 0 Å². The van der Waals surface area contributed by atoms with Gasteiger partial charge in [-0.05, 0) is 35.9 Å². The van der Waals surface area contributed by atoms with E-state index >= 15 is 0 Å². The smallest absolute Gasteiger partial charge is 0.151 e. The first kappa shape index (κ1) is 13.9. The van der Waals surface area contributed by atoms with Crippen LogP contribution in [-0.4, -0.2) is 4.98 Å². The van der Waals surface area contributed by atoms with E-state index in [2.05, 4.69) is 20.9 Å². The molecule has 0 bridgehead atoms. The third-order valence-corrected chi connectivity index (χ3v) is 5.46. The van der Waals surface area contributed by atoms with Gasteiger partial charge in [-0.25, -0.2) is 9.37 Å². The van der Waals surface area contributed by atoms with Gasteiger partial charge in [-0.1, -0.05) is 33.8 Å². The number of benzene rings is 2. The van der Waals surface area contributed by atoms with E-state index in [-0.39, 0.29) is 5.82 Å². The van der Waals surface area contributed by atoms with Crippen molar-refractivity contribution in [1.29, 1.82) is 0 Å². The van der Waals surface area contributed by atoms with Gasteiger partial charge in [-0.3, -0.25) is 0 Å². The predicted octanol–water partition coefficient (Wildman–Crippen LogP) is 5.07. The van der Waals surface area contributed by atoms with Crippen LogP contribution in [0.15, 0.2) is 45.2 Å². The zero-order chi connectivity index (χ0) is 14.1. The van der Waals surface area contributed by atoms with Crippen LogP contribution in [0.5, 0.6) is 0 Å². The van der Waals surface area contributed by atoms with Crippen LogP contribution < -0.4 is 5.73 Å². The first-order valence-electron chi connectivity index (χ1n) is 5.84. The lowest BCUT2D eigenvalue weighted by molar-refractivity contribution is 0.616. The Morgan fingerprint density at radius 2 is 2.10 bits per heavy atom. The lowest BCUT2D eigenvalue weighted by Crippen LogP contribution is -1.87. The van der Waals surface area contributed by atoms with Crippen LogP contribution in [0.3, 0.4) is 0 Å². The van der Waals surface area contributed by atoms with Crippen LogP contribution in [0.2, 0.25) is 0 Å². The standard InChI is InChI=1S/C14H10BrFN2S2/c15-9-2-1-8(11(16)5-9)7-19-14-18-12-4-3-10(17)6-13(12)20-14/h1-6H,7,17H2. The number of thioether (sulfide) groups is 1. The Bertz CT molecular complexity index is 773. The average molecular weight is 369 g/mol. The topological polar surface area (TPSA) is 38.9 Å². The molecule has 102 valence electrons. The highest BCUT2D eigenvalue weighted by Gasteiger charge is 2.08. The fraction of sp³-hybridized carbons (Fsp3) is 0.0714. The first-order valence-corrected chi connectivity index (χ1v) is 8.44. The number of aromatic nitrogens is 1. The summed E-state index contributed by atoms with van der Waals surface area (Å²) in [5.41, 5.74) is 8.09. The molecule has 0 saturated heterocycles. The summed E-state index contributed by atoms with van der Waals surface area (Å²) in [6.07, 6.45) is 0. The summed E-state index contributed by atoms with van der Waals surface area (Å²) >= 11 is 6.37. The molecule has 0 atom stereocenters. The summed E-state index contributed by atoms with van der Waals surface area (Å²) in [6, 6.07) is 10.8. The molecule has 3 aromatic rings. The Morgan fingerprint density at radius 3 is 2.90 bits per heavy atom. The predicted molar refractivity (Wildman–Crippen MR) is 87.7 cm³/mol. The molecule has 0 saturated carbocycles. The summed E-state index contributed by atoms with van der Waals surface area (Å²) in [5, 5.41) is 0. The molecule has 6 heteroatoms. The van der Waals surface area contributed by atoms with Crippen molar-refractivity contribution in [1.82, 2.24) is 4.98 Å². The number of nitrogens with zero attached hydrogens (tertiary/aromatic N) is 1. The normalized spacial score (nSPS) is 11.1. The van der Waals surface area contributed by atoms with E-state index in [4.69, 9.17) is 5.73 Å². The van der Waals surface area contributed by atoms with Gasteiger partial charge >= 0.3 is 0 Å². The number of rotatable bonds is 3. The summed E-state index contributed by atoms with van der Waals surface area (Å²) in [4.78, 5) is 4.51. The molecule has 1 aromatic heterocycles. The number of hydrogen-bond donors (Lipinski definition) is 1. The molecular weight excluding hydrogens is 359 g/mol. The largest absolute Gasteiger partial charge is 0.399 e. The van der Waals surface area contributed by atoms with Gasteiger partial charge < -0.3 is 5.73 Å². The highest BCUT2D eigenvalue weighted by molar-refractivity contribution is 9.10.